The molecule has 0 saturated carbocycles. The van der Waals surface area contributed by atoms with Crippen molar-refractivity contribution < 1.29 is 9.59 Å². The van der Waals surface area contributed by atoms with Crippen LogP contribution in [0.4, 0.5) is 5.69 Å². The maximum atomic E-state index is 12.8. The van der Waals surface area contributed by atoms with E-state index in [0.717, 1.165) is 22.1 Å². The van der Waals surface area contributed by atoms with Crippen LogP contribution in [0.5, 0.6) is 0 Å². The predicted molar refractivity (Wildman–Crippen MR) is 116 cm³/mol. The molecule has 0 aliphatic rings. The number of hydrogen-bond donors (Lipinski definition) is 1. The lowest BCUT2D eigenvalue weighted by Gasteiger charge is -2.12. The van der Waals surface area contributed by atoms with Crippen molar-refractivity contribution in [1.29, 1.82) is 0 Å². The van der Waals surface area contributed by atoms with E-state index < -0.39 is 0 Å². The molecule has 6 nitrogen and oxygen atoms in total. The highest BCUT2D eigenvalue weighted by Crippen LogP contribution is 2.29. The summed E-state index contributed by atoms with van der Waals surface area (Å²) in [6.07, 6.45) is 0. The number of thioether (sulfide) groups is 1. The standard InChI is InChI=1S/C22H24N4O2S/c1-5-26-21(19-9-7-6-8-14(19)2)24-25-22(26)29-15(3)20(28)17-10-12-18(13-11-17)23-16(4)27/h6-13,15H,5H2,1-4H3,(H,23,27)/t15-/m1/s1. The highest BCUT2D eigenvalue weighted by molar-refractivity contribution is 8.00. The molecule has 1 N–H and O–H groups in total. The van der Waals surface area contributed by atoms with E-state index in [-0.39, 0.29) is 16.9 Å². The number of carbonyl (C=O) groups excluding carboxylic acids is 2. The van der Waals surface area contributed by atoms with Crippen molar-refractivity contribution in [3.8, 4) is 11.4 Å². The largest absolute Gasteiger partial charge is 0.326 e. The number of aryl methyl sites for hydroxylation is 1. The molecule has 3 aromatic rings. The third-order valence-corrected chi connectivity index (χ3v) is 5.64. The third kappa shape index (κ3) is 4.74. The van der Waals surface area contributed by atoms with Gasteiger partial charge >= 0.3 is 0 Å². The van der Waals surface area contributed by atoms with Gasteiger partial charge in [0.05, 0.1) is 5.25 Å². The van der Waals surface area contributed by atoms with Gasteiger partial charge in [-0.1, -0.05) is 36.0 Å². The van der Waals surface area contributed by atoms with Gasteiger partial charge in [0, 0.05) is 30.3 Å². The number of carbonyl (C=O) groups is 2. The average Bonchev–Trinajstić information content (AvgIpc) is 3.10. The summed E-state index contributed by atoms with van der Waals surface area (Å²) in [5.74, 6) is 0.677. The van der Waals surface area contributed by atoms with E-state index in [1.807, 2.05) is 49.6 Å². The number of ketones is 1. The van der Waals surface area contributed by atoms with Gasteiger partial charge in [-0.25, -0.2) is 0 Å². The zero-order valence-electron chi connectivity index (χ0n) is 17.0. The molecule has 0 saturated heterocycles. The van der Waals surface area contributed by atoms with E-state index in [1.54, 1.807) is 24.3 Å². The van der Waals surface area contributed by atoms with Gasteiger partial charge < -0.3 is 9.88 Å². The van der Waals surface area contributed by atoms with Crippen LogP contribution in [0.25, 0.3) is 11.4 Å². The summed E-state index contributed by atoms with van der Waals surface area (Å²) in [5.41, 5.74) is 3.44. The topological polar surface area (TPSA) is 76.9 Å². The Morgan fingerprint density at radius 1 is 1.10 bits per heavy atom. The molecule has 3 rings (SSSR count). The Morgan fingerprint density at radius 3 is 2.41 bits per heavy atom. The van der Waals surface area contributed by atoms with Crippen LogP contribution in [0.3, 0.4) is 0 Å². The molecule has 1 heterocycles. The van der Waals surface area contributed by atoms with Gasteiger partial charge in [-0.05, 0) is 50.6 Å². The number of amides is 1. The van der Waals surface area contributed by atoms with Gasteiger partial charge in [-0.2, -0.15) is 0 Å². The Morgan fingerprint density at radius 2 is 1.79 bits per heavy atom. The maximum absolute atomic E-state index is 12.8. The fraction of sp³-hybridized carbons (Fsp3) is 0.273. The van der Waals surface area contributed by atoms with Crippen molar-refractivity contribution >= 4 is 29.1 Å². The van der Waals surface area contributed by atoms with Crippen LogP contribution in [0.15, 0.2) is 53.7 Å². The molecule has 0 aliphatic carbocycles. The highest BCUT2D eigenvalue weighted by atomic mass is 32.2. The molecule has 2 aromatic carbocycles. The Hall–Kier alpha value is -2.93. The van der Waals surface area contributed by atoms with Crippen LogP contribution < -0.4 is 5.32 Å². The van der Waals surface area contributed by atoms with Gasteiger partial charge in [0.1, 0.15) is 0 Å². The molecular weight excluding hydrogens is 384 g/mol. The zero-order valence-corrected chi connectivity index (χ0v) is 17.8. The Balaban J connectivity index is 1.78. The predicted octanol–water partition coefficient (Wildman–Crippen LogP) is 4.60. The first kappa shape index (κ1) is 20.8. The molecule has 29 heavy (non-hydrogen) atoms. The van der Waals surface area contributed by atoms with E-state index in [9.17, 15) is 9.59 Å². The number of benzene rings is 2. The van der Waals surface area contributed by atoms with Crippen molar-refractivity contribution in [1.82, 2.24) is 14.8 Å². The molecule has 0 unspecified atom stereocenters. The molecule has 1 atom stereocenters. The zero-order chi connectivity index (χ0) is 21.0. The first-order valence-electron chi connectivity index (χ1n) is 9.48. The minimum absolute atomic E-state index is 0.00692. The van der Waals surface area contributed by atoms with E-state index in [0.29, 0.717) is 17.8 Å². The lowest BCUT2D eigenvalue weighted by atomic mass is 10.1. The summed E-state index contributed by atoms with van der Waals surface area (Å²) in [7, 11) is 0. The molecule has 1 aromatic heterocycles. The first-order chi connectivity index (χ1) is 13.9. The smallest absolute Gasteiger partial charge is 0.221 e. The maximum Gasteiger partial charge on any atom is 0.221 e. The molecule has 150 valence electrons. The van der Waals surface area contributed by atoms with Crippen molar-refractivity contribution in [3.05, 3.63) is 59.7 Å². The second kappa shape index (κ2) is 9.05. The summed E-state index contributed by atoms with van der Waals surface area (Å²) in [6.45, 7) is 8.13. The minimum Gasteiger partial charge on any atom is -0.326 e. The van der Waals surface area contributed by atoms with Crippen LogP contribution in [0.2, 0.25) is 0 Å². The van der Waals surface area contributed by atoms with Crippen LogP contribution in [0.1, 0.15) is 36.7 Å². The van der Waals surface area contributed by atoms with Crippen molar-refractivity contribution in [2.45, 2.75) is 44.6 Å². The number of hydrogen-bond acceptors (Lipinski definition) is 5. The van der Waals surface area contributed by atoms with E-state index in [1.165, 1.54) is 18.7 Å². The number of rotatable bonds is 7. The van der Waals surface area contributed by atoms with Crippen LogP contribution in [0, 0.1) is 6.92 Å². The normalized spacial score (nSPS) is 11.9. The fourth-order valence-corrected chi connectivity index (χ4v) is 4.04. The number of nitrogens with one attached hydrogen (secondary N) is 1. The Kier molecular flexibility index (Phi) is 6.49. The van der Waals surface area contributed by atoms with Crippen molar-refractivity contribution in [2.24, 2.45) is 0 Å². The molecule has 0 spiro atoms. The molecule has 0 fully saturated rings. The molecule has 0 bridgehead atoms. The summed E-state index contributed by atoms with van der Waals surface area (Å²) in [6, 6.07) is 15.0. The van der Waals surface area contributed by atoms with Gasteiger partial charge in [-0.3, -0.25) is 9.59 Å². The van der Waals surface area contributed by atoms with Gasteiger partial charge in [0.25, 0.3) is 0 Å². The molecule has 1 amide bonds. The summed E-state index contributed by atoms with van der Waals surface area (Å²) < 4.78 is 2.04. The van der Waals surface area contributed by atoms with Crippen LogP contribution >= 0.6 is 11.8 Å². The summed E-state index contributed by atoms with van der Waals surface area (Å²) >= 11 is 1.40. The lowest BCUT2D eigenvalue weighted by molar-refractivity contribution is -0.114. The SMILES string of the molecule is CCn1c(S[C@H](C)C(=O)c2ccc(NC(C)=O)cc2)nnc1-c1ccccc1C. The number of Topliss-reactive ketones (excluding diaryl/α,β-unsaturated/α-hetero) is 1. The van der Waals surface area contributed by atoms with Crippen LogP contribution in [-0.4, -0.2) is 31.7 Å². The molecule has 7 heteroatoms. The van der Waals surface area contributed by atoms with Crippen molar-refractivity contribution in [2.75, 3.05) is 5.32 Å². The Labute approximate surface area is 174 Å². The highest BCUT2D eigenvalue weighted by Gasteiger charge is 2.21. The summed E-state index contributed by atoms with van der Waals surface area (Å²) in [5, 5.41) is 11.8. The number of anilines is 1. The number of nitrogens with zero attached hydrogens (tertiary/aromatic N) is 3. The second-order valence-electron chi connectivity index (χ2n) is 6.75. The summed E-state index contributed by atoms with van der Waals surface area (Å²) in [4.78, 5) is 24.0. The quantitative estimate of drug-likeness (QED) is 0.457. The molecule has 0 aliphatic heterocycles. The second-order valence-corrected chi connectivity index (χ2v) is 8.06. The van der Waals surface area contributed by atoms with E-state index in [2.05, 4.69) is 15.5 Å². The van der Waals surface area contributed by atoms with Gasteiger partial charge in [0.2, 0.25) is 5.91 Å². The van der Waals surface area contributed by atoms with Crippen LogP contribution in [-0.2, 0) is 11.3 Å². The number of aromatic nitrogens is 3. The third-order valence-electron chi connectivity index (χ3n) is 4.56. The average molecular weight is 409 g/mol. The van der Waals surface area contributed by atoms with Gasteiger partial charge in [0.15, 0.2) is 16.8 Å². The van der Waals surface area contributed by atoms with E-state index in [4.69, 9.17) is 0 Å². The minimum atomic E-state index is -0.319. The lowest BCUT2D eigenvalue weighted by Crippen LogP contribution is -2.15. The van der Waals surface area contributed by atoms with Crippen molar-refractivity contribution in [3.63, 3.8) is 0 Å². The first-order valence-corrected chi connectivity index (χ1v) is 10.4. The van der Waals surface area contributed by atoms with E-state index >= 15 is 0 Å². The monoisotopic (exact) mass is 408 g/mol. The fourth-order valence-electron chi connectivity index (χ4n) is 3.05. The Bertz CT molecular complexity index is 1030. The molecule has 0 radical (unpaired) electrons. The molecular formula is C22H24N4O2S. The van der Waals surface area contributed by atoms with Gasteiger partial charge in [-0.15, -0.1) is 10.2 Å².